The van der Waals surface area contributed by atoms with E-state index in [0.29, 0.717) is 11.3 Å². The fourth-order valence-corrected chi connectivity index (χ4v) is 3.64. The van der Waals surface area contributed by atoms with Gasteiger partial charge in [0.1, 0.15) is 22.3 Å². The van der Waals surface area contributed by atoms with Crippen molar-refractivity contribution in [2.45, 2.75) is 32.4 Å². The molecule has 0 aliphatic heterocycles. The number of carbonyl (C=O) groups is 1. The second-order valence-electron chi connectivity index (χ2n) is 7.75. The van der Waals surface area contributed by atoms with Crippen LogP contribution < -0.4 is 10.1 Å². The van der Waals surface area contributed by atoms with Crippen molar-refractivity contribution >= 4 is 28.7 Å². The third-order valence-electron chi connectivity index (χ3n) is 4.92. The average molecular weight is 435 g/mol. The molecule has 4 rings (SSSR count). The van der Waals surface area contributed by atoms with Crippen molar-refractivity contribution < 1.29 is 14.6 Å². The van der Waals surface area contributed by atoms with E-state index in [4.69, 9.17) is 4.74 Å². The second-order valence-corrected chi connectivity index (χ2v) is 8.28. The molecule has 158 valence electrons. The van der Waals surface area contributed by atoms with Crippen LogP contribution >= 0.6 is 11.7 Å². The Kier molecular flexibility index (Phi) is 5.67. The fraction of sp³-hybridized carbons (Fsp3) is 0.217. The number of nitrogens with one attached hydrogen (secondary N) is 1. The highest BCUT2D eigenvalue weighted by Gasteiger charge is 2.19. The molecule has 2 aromatic heterocycles. The molecule has 2 heterocycles. The van der Waals surface area contributed by atoms with E-state index < -0.39 is 5.60 Å². The molecule has 0 saturated heterocycles. The number of hydrogen-bond acceptors (Lipinski definition) is 7. The highest BCUT2D eigenvalue weighted by molar-refractivity contribution is 7.00. The second kappa shape index (κ2) is 8.41. The SMILES string of the molecule is CC(NC(=O)c1cccnc1Oc1ccc2nsnc2c1)c1ccc(C(C)(C)O)cc1. The van der Waals surface area contributed by atoms with Crippen LogP contribution in [0.5, 0.6) is 11.6 Å². The number of pyridine rings is 1. The summed E-state index contributed by atoms with van der Waals surface area (Å²) in [6, 6.07) is 16.0. The summed E-state index contributed by atoms with van der Waals surface area (Å²) in [5, 5.41) is 13.1. The largest absolute Gasteiger partial charge is 0.438 e. The van der Waals surface area contributed by atoms with Crippen molar-refractivity contribution in [3.05, 3.63) is 77.5 Å². The molecule has 0 saturated carbocycles. The number of fused-ring (bicyclic) bond motifs is 1. The molecule has 0 aliphatic rings. The van der Waals surface area contributed by atoms with Crippen LogP contribution in [0.15, 0.2) is 60.8 Å². The molecular formula is C23H22N4O3S. The Morgan fingerprint density at radius 3 is 2.58 bits per heavy atom. The molecule has 0 spiro atoms. The Hall–Kier alpha value is -3.36. The van der Waals surface area contributed by atoms with Gasteiger partial charge in [0.2, 0.25) is 5.88 Å². The lowest BCUT2D eigenvalue weighted by Crippen LogP contribution is -2.27. The number of benzene rings is 2. The lowest BCUT2D eigenvalue weighted by atomic mass is 9.96. The molecule has 2 aromatic carbocycles. The van der Waals surface area contributed by atoms with Gasteiger partial charge in [-0.2, -0.15) is 8.75 Å². The first-order valence-electron chi connectivity index (χ1n) is 9.80. The van der Waals surface area contributed by atoms with Gasteiger partial charge in [0.05, 0.1) is 23.4 Å². The maximum Gasteiger partial charge on any atom is 0.257 e. The molecule has 4 aromatic rings. The minimum Gasteiger partial charge on any atom is -0.438 e. The van der Waals surface area contributed by atoms with Gasteiger partial charge in [-0.15, -0.1) is 0 Å². The van der Waals surface area contributed by atoms with Crippen molar-refractivity contribution in [2.75, 3.05) is 0 Å². The molecule has 7 nitrogen and oxygen atoms in total. The van der Waals surface area contributed by atoms with Crippen molar-refractivity contribution in [3.8, 4) is 11.6 Å². The predicted molar refractivity (Wildman–Crippen MR) is 119 cm³/mol. The van der Waals surface area contributed by atoms with Crippen LogP contribution in [-0.2, 0) is 5.60 Å². The number of aliphatic hydroxyl groups is 1. The molecule has 1 unspecified atom stereocenters. The van der Waals surface area contributed by atoms with Crippen LogP contribution in [0.3, 0.4) is 0 Å². The Morgan fingerprint density at radius 2 is 1.84 bits per heavy atom. The van der Waals surface area contributed by atoms with Crippen molar-refractivity contribution in [3.63, 3.8) is 0 Å². The first kappa shape index (κ1) is 20.9. The van der Waals surface area contributed by atoms with Crippen LogP contribution in [0.1, 0.15) is 48.3 Å². The van der Waals surface area contributed by atoms with E-state index in [0.717, 1.165) is 33.9 Å². The van der Waals surface area contributed by atoms with Crippen LogP contribution in [0.4, 0.5) is 0 Å². The van der Waals surface area contributed by atoms with Gasteiger partial charge >= 0.3 is 0 Å². The summed E-state index contributed by atoms with van der Waals surface area (Å²) in [7, 11) is 0. The number of ether oxygens (including phenoxy) is 1. The van der Waals surface area contributed by atoms with Gasteiger partial charge in [-0.3, -0.25) is 4.79 Å². The summed E-state index contributed by atoms with van der Waals surface area (Å²) in [5.41, 5.74) is 2.68. The summed E-state index contributed by atoms with van der Waals surface area (Å²) in [4.78, 5) is 17.2. The zero-order valence-corrected chi connectivity index (χ0v) is 18.2. The number of rotatable bonds is 6. The van der Waals surface area contributed by atoms with Crippen LogP contribution in [-0.4, -0.2) is 24.7 Å². The van der Waals surface area contributed by atoms with Gasteiger partial charge in [0.15, 0.2) is 0 Å². The average Bonchev–Trinajstić information content (AvgIpc) is 3.21. The first-order chi connectivity index (χ1) is 14.8. The minimum absolute atomic E-state index is 0.215. The van der Waals surface area contributed by atoms with Gasteiger partial charge in [0.25, 0.3) is 5.91 Å². The van der Waals surface area contributed by atoms with Gasteiger partial charge in [-0.25, -0.2) is 4.98 Å². The lowest BCUT2D eigenvalue weighted by Gasteiger charge is -2.20. The normalized spacial score (nSPS) is 12.5. The Balaban J connectivity index is 1.51. The summed E-state index contributed by atoms with van der Waals surface area (Å²) in [5.74, 6) is 0.453. The van der Waals surface area contributed by atoms with Crippen molar-refractivity contribution in [1.29, 1.82) is 0 Å². The predicted octanol–water partition coefficient (Wildman–Crippen LogP) is 4.60. The quantitative estimate of drug-likeness (QED) is 0.460. The third-order valence-corrected chi connectivity index (χ3v) is 5.48. The van der Waals surface area contributed by atoms with Crippen molar-refractivity contribution in [2.24, 2.45) is 0 Å². The number of nitrogens with zero attached hydrogens (tertiary/aromatic N) is 3. The molecule has 0 aliphatic carbocycles. The standard InChI is InChI=1S/C23H22N4O3S/c1-14(15-6-8-16(9-7-15)23(2,3)29)25-21(28)18-5-4-12-24-22(18)30-17-10-11-19-20(13-17)27-31-26-19/h4-14,29H,1-3H3,(H,25,28). The first-order valence-corrected chi connectivity index (χ1v) is 10.5. The van der Waals surface area contributed by atoms with Crippen LogP contribution in [0.2, 0.25) is 0 Å². The molecule has 1 atom stereocenters. The highest BCUT2D eigenvalue weighted by Crippen LogP contribution is 2.27. The van der Waals surface area contributed by atoms with Crippen LogP contribution in [0, 0.1) is 0 Å². The molecule has 1 amide bonds. The fourth-order valence-electron chi connectivity index (χ4n) is 3.12. The highest BCUT2D eigenvalue weighted by atomic mass is 32.1. The van der Waals surface area contributed by atoms with E-state index in [9.17, 15) is 9.90 Å². The van der Waals surface area contributed by atoms with Gasteiger partial charge in [-0.1, -0.05) is 24.3 Å². The molecular weight excluding hydrogens is 412 g/mol. The van der Waals surface area contributed by atoms with E-state index in [-0.39, 0.29) is 17.8 Å². The van der Waals surface area contributed by atoms with Gasteiger partial charge in [0, 0.05) is 12.3 Å². The minimum atomic E-state index is -0.912. The van der Waals surface area contributed by atoms with E-state index in [2.05, 4.69) is 19.0 Å². The monoisotopic (exact) mass is 434 g/mol. The summed E-state index contributed by atoms with van der Waals surface area (Å²) in [6.07, 6.45) is 1.58. The third kappa shape index (κ3) is 4.70. The number of amides is 1. The maximum atomic E-state index is 12.9. The zero-order chi connectivity index (χ0) is 22.0. The molecule has 2 N–H and O–H groups in total. The lowest BCUT2D eigenvalue weighted by molar-refractivity contribution is 0.0785. The van der Waals surface area contributed by atoms with Crippen molar-refractivity contribution in [1.82, 2.24) is 19.0 Å². The molecule has 0 radical (unpaired) electrons. The van der Waals surface area contributed by atoms with Crippen LogP contribution in [0.25, 0.3) is 11.0 Å². The zero-order valence-electron chi connectivity index (χ0n) is 17.4. The molecule has 0 fully saturated rings. The Morgan fingerprint density at radius 1 is 1.10 bits per heavy atom. The van der Waals surface area contributed by atoms with E-state index in [1.54, 1.807) is 44.3 Å². The summed E-state index contributed by atoms with van der Waals surface area (Å²) in [6.45, 7) is 5.37. The summed E-state index contributed by atoms with van der Waals surface area (Å²) >= 11 is 1.13. The van der Waals surface area contributed by atoms with E-state index in [1.165, 1.54) is 0 Å². The van der Waals surface area contributed by atoms with Gasteiger partial charge in [-0.05, 0) is 56.2 Å². The summed E-state index contributed by atoms with van der Waals surface area (Å²) < 4.78 is 14.3. The Bertz CT molecular complexity index is 1220. The molecule has 31 heavy (non-hydrogen) atoms. The molecule has 8 heteroatoms. The number of aromatic nitrogens is 3. The Labute approximate surface area is 184 Å². The smallest absolute Gasteiger partial charge is 0.257 e. The topological polar surface area (TPSA) is 97.2 Å². The van der Waals surface area contributed by atoms with E-state index >= 15 is 0 Å². The maximum absolute atomic E-state index is 12.9. The number of carbonyl (C=O) groups excluding carboxylic acids is 1. The molecule has 0 bridgehead atoms. The van der Waals surface area contributed by atoms with E-state index in [1.807, 2.05) is 37.3 Å². The van der Waals surface area contributed by atoms with Gasteiger partial charge < -0.3 is 15.2 Å². The number of hydrogen-bond donors (Lipinski definition) is 2.